The van der Waals surface area contributed by atoms with Crippen molar-refractivity contribution in [3.8, 4) is 0 Å². The number of amides is 2. The Morgan fingerprint density at radius 3 is 2.56 bits per heavy atom. The van der Waals surface area contributed by atoms with Crippen LogP contribution in [-0.4, -0.2) is 53.1 Å². The number of carboxylic acid groups (broad SMARTS) is 1. The molecule has 5 nitrogen and oxygen atoms in total. The molecule has 1 fully saturated rings. The molecule has 0 radical (unpaired) electrons. The summed E-state index contributed by atoms with van der Waals surface area (Å²) >= 11 is 0. The highest BCUT2D eigenvalue weighted by molar-refractivity contribution is 5.79. The van der Waals surface area contributed by atoms with Crippen LogP contribution in [0, 0.1) is 5.41 Å². The number of carbonyl (C=O) groups excluding carboxylic acids is 1. The lowest BCUT2D eigenvalue weighted by Gasteiger charge is -2.30. The van der Waals surface area contributed by atoms with Crippen molar-refractivity contribution in [1.29, 1.82) is 0 Å². The van der Waals surface area contributed by atoms with E-state index in [-0.39, 0.29) is 12.1 Å². The molecular weight excluding hydrogens is 232 g/mol. The highest BCUT2D eigenvalue weighted by Crippen LogP contribution is 2.30. The maximum Gasteiger partial charge on any atom is 0.320 e. The third kappa shape index (κ3) is 2.94. The molecule has 18 heavy (non-hydrogen) atoms. The lowest BCUT2D eigenvalue weighted by Crippen LogP contribution is -2.45. The highest BCUT2D eigenvalue weighted by atomic mass is 16.4. The van der Waals surface area contributed by atoms with Gasteiger partial charge < -0.3 is 14.9 Å². The fourth-order valence-electron chi connectivity index (χ4n) is 2.32. The number of urea groups is 1. The number of hydrogen-bond acceptors (Lipinski definition) is 2. The van der Waals surface area contributed by atoms with Crippen LogP contribution in [0.2, 0.25) is 0 Å². The number of rotatable bonds is 4. The van der Waals surface area contributed by atoms with Gasteiger partial charge >= 0.3 is 12.0 Å². The zero-order chi connectivity index (χ0) is 13.9. The van der Waals surface area contributed by atoms with Gasteiger partial charge in [0.1, 0.15) is 0 Å². The summed E-state index contributed by atoms with van der Waals surface area (Å²) in [6.07, 6.45) is 2.53. The van der Waals surface area contributed by atoms with Gasteiger partial charge in [-0.05, 0) is 26.7 Å². The number of carboxylic acids is 1. The number of carbonyl (C=O) groups is 2. The van der Waals surface area contributed by atoms with E-state index in [2.05, 4.69) is 6.92 Å². The highest BCUT2D eigenvalue weighted by Gasteiger charge is 2.43. The Labute approximate surface area is 109 Å². The van der Waals surface area contributed by atoms with Crippen LogP contribution >= 0.6 is 0 Å². The molecule has 0 aromatic rings. The number of aliphatic carboxylic acids is 1. The predicted molar refractivity (Wildman–Crippen MR) is 69.5 cm³/mol. The Hall–Kier alpha value is -1.26. The van der Waals surface area contributed by atoms with E-state index < -0.39 is 11.4 Å². The monoisotopic (exact) mass is 256 g/mol. The molecule has 0 aromatic heterocycles. The Kier molecular flexibility index (Phi) is 4.59. The van der Waals surface area contributed by atoms with Crippen LogP contribution in [0.15, 0.2) is 0 Å². The first-order valence-corrected chi connectivity index (χ1v) is 6.57. The minimum atomic E-state index is -0.818. The van der Waals surface area contributed by atoms with Crippen LogP contribution < -0.4 is 0 Å². The van der Waals surface area contributed by atoms with Crippen LogP contribution in [0.3, 0.4) is 0 Å². The first-order valence-electron chi connectivity index (χ1n) is 6.57. The van der Waals surface area contributed by atoms with Crippen molar-refractivity contribution in [2.24, 2.45) is 5.41 Å². The van der Waals surface area contributed by atoms with Gasteiger partial charge in [0.25, 0.3) is 0 Å². The molecule has 5 heteroatoms. The Balaban J connectivity index is 2.62. The van der Waals surface area contributed by atoms with Crippen molar-refractivity contribution in [1.82, 2.24) is 9.80 Å². The van der Waals surface area contributed by atoms with Crippen LogP contribution in [0.25, 0.3) is 0 Å². The van der Waals surface area contributed by atoms with E-state index in [1.807, 2.05) is 6.92 Å². The molecule has 0 spiro atoms. The molecule has 104 valence electrons. The molecule has 1 saturated heterocycles. The second kappa shape index (κ2) is 5.59. The van der Waals surface area contributed by atoms with Crippen molar-refractivity contribution >= 4 is 12.0 Å². The molecule has 2 atom stereocenters. The normalized spacial score (nSPS) is 25.0. The predicted octanol–water partition coefficient (Wildman–Crippen LogP) is 2.02. The molecule has 1 heterocycles. The van der Waals surface area contributed by atoms with Gasteiger partial charge in [-0.2, -0.15) is 0 Å². The number of likely N-dealkylation sites (tertiary alicyclic amines) is 1. The third-order valence-electron chi connectivity index (χ3n) is 3.93. The van der Waals surface area contributed by atoms with Gasteiger partial charge in [-0.25, -0.2) is 4.79 Å². The first kappa shape index (κ1) is 14.8. The van der Waals surface area contributed by atoms with E-state index in [9.17, 15) is 9.59 Å². The van der Waals surface area contributed by atoms with Gasteiger partial charge in [-0.1, -0.05) is 13.3 Å². The van der Waals surface area contributed by atoms with E-state index in [4.69, 9.17) is 5.11 Å². The molecule has 2 amide bonds. The van der Waals surface area contributed by atoms with E-state index in [0.717, 1.165) is 12.8 Å². The summed E-state index contributed by atoms with van der Waals surface area (Å²) in [6, 6.07) is 0.139. The maximum atomic E-state index is 12.2. The SMILES string of the molecule is CCCC(C)N(C)C(=O)N1CCC(C)(C(=O)O)C1. The van der Waals surface area contributed by atoms with Crippen molar-refractivity contribution in [3.05, 3.63) is 0 Å². The average molecular weight is 256 g/mol. The summed E-state index contributed by atoms with van der Waals surface area (Å²) in [5.41, 5.74) is -0.787. The molecule has 1 aliphatic rings. The molecule has 1 aliphatic heterocycles. The maximum absolute atomic E-state index is 12.2. The molecule has 1 N–H and O–H groups in total. The average Bonchev–Trinajstić information content (AvgIpc) is 2.72. The summed E-state index contributed by atoms with van der Waals surface area (Å²) in [7, 11) is 1.79. The largest absolute Gasteiger partial charge is 0.481 e. The van der Waals surface area contributed by atoms with Crippen LogP contribution in [0.5, 0.6) is 0 Å². The summed E-state index contributed by atoms with van der Waals surface area (Å²) < 4.78 is 0. The lowest BCUT2D eigenvalue weighted by molar-refractivity contribution is -0.147. The molecule has 0 aromatic carbocycles. The fraction of sp³-hybridized carbons (Fsp3) is 0.846. The standard InChI is InChI=1S/C13H24N2O3/c1-5-6-10(2)14(4)12(18)15-8-7-13(3,9-15)11(16)17/h10H,5-9H2,1-4H3,(H,16,17). The molecule has 2 unspecified atom stereocenters. The Morgan fingerprint density at radius 2 is 2.11 bits per heavy atom. The first-order chi connectivity index (χ1) is 8.31. The van der Waals surface area contributed by atoms with Gasteiger partial charge in [-0.3, -0.25) is 4.79 Å². The van der Waals surface area contributed by atoms with Crippen LogP contribution in [0.1, 0.15) is 40.0 Å². The van der Waals surface area contributed by atoms with Crippen molar-refractivity contribution in [2.75, 3.05) is 20.1 Å². The molecular formula is C13H24N2O3. The Bertz CT molecular complexity index is 332. The summed E-state index contributed by atoms with van der Waals surface area (Å²) in [5.74, 6) is -0.818. The summed E-state index contributed by atoms with van der Waals surface area (Å²) in [5, 5.41) is 9.15. The second-order valence-electron chi connectivity index (χ2n) is 5.57. The zero-order valence-electron chi connectivity index (χ0n) is 11.8. The van der Waals surface area contributed by atoms with E-state index >= 15 is 0 Å². The van der Waals surface area contributed by atoms with Gasteiger partial charge in [0.05, 0.1) is 5.41 Å². The van der Waals surface area contributed by atoms with E-state index in [0.29, 0.717) is 19.5 Å². The second-order valence-corrected chi connectivity index (χ2v) is 5.57. The fourth-order valence-corrected chi connectivity index (χ4v) is 2.32. The number of nitrogens with zero attached hydrogens (tertiary/aromatic N) is 2. The van der Waals surface area contributed by atoms with Crippen LogP contribution in [-0.2, 0) is 4.79 Å². The van der Waals surface area contributed by atoms with E-state index in [1.54, 1.807) is 23.8 Å². The number of hydrogen-bond donors (Lipinski definition) is 1. The summed E-state index contributed by atoms with van der Waals surface area (Å²) in [6.45, 7) is 6.66. The van der Waals surface area contributed by atoms with Gasteiger partial charge in [0, 0.05) is 26.2 Å². The molecule has 1 rings (SSSR count). The molecule has 0 bridgehead atoms. The van der Waals surface area contributed by atoms with Gasteiger partial charge in [0.2, 0.25) is 0 Å². The topological polar surface area (TPSA) is 60.9 Å². The molecule has 0 aliphatic carbocycles. The van der Waals surface area contributed by atoms with E-state index in [1.165, 1.54) is 0 Å². The zero-order valence-corrected chi connectivity index (χ0v) is 11.8. The quantitative estimate of drug-likeness (QED) is 0.837. The Morgan fingerprint density at radius 1 is 1.50 bits per heavy atom. The smallest absolute Gasteiger partial charge is 0.320 e. The minimum Gasteiger partial charge on any atom is -0.481 e. The van der Waals surface area contributed by atoms with Gasteiger partial charge in [0.15, 0.2) is 0 Å². The van der Waals surface area contributed by atoms with Crippen LogP contribution in [0.4, 0.5) is 4.79 Å². The van der Waals surface area contributed by atoms with Crippen molar-refractivity contribution in [2.45, 2.75) is 46.1 Å². The third-order valence-corrected chi connectivity index (χ3v) is 3.93. The van der Waals surface area contributed by atoms with Gasteiger partial charge in [-0.15, -0.1) is 0 Å². The lowest BCUT2D eigenvalue weighted by atomic mass is 9.90. The molecule has 0 saturated carbocycles. The van der Waals surface area contributed by atoms with Crippen molar-refractivity contribution < 1.29 is 14.7 Å². The minimum absolute atomic E-state index is 0.0547. The van der Waals surface area contributed by atoms with Crippen molar-refractivity contribution in [3.63, 3.8) is 0 Å². The summed E-state index contributed by atoms with van der Waals surface area (Å²) in [4.78, 5) is 26.7.